The van der Waals surface area contributed by atoms with Crippen LogP contribution in [0.3, 0.4) is 0 Å². The van der Waals surface area contributed by atoms with Gasteiger partial charge in [-0.1, -0.05) is 0 Å². The van der Waals surface area contributed by atoms with Gasteiger partial charge in [-0.15, -0.1) is 0 Å². The van der Waals surface area contributed by atoms with Gasteiger partial charge in [0.1, 0.15) is 5.82 Å². The first kappa shape index (κ1) is 12.6. The van der Waals surface area contributed by atoms with Crippen LogP contribution >= 0.6 is 0 Å². The summed E-state index contributed by atoms with van der Waals surface area (Å²) >= 11 is 0. The van der Waals surface area contributed by atoms with Gasteiger partial charge in [0.2, 0.25) is 5.82 Å². The standard InChI is InChI=1S/C11H17N5O2/c1-14-5-2-6-15(8-7-14)10-4-3-9(16(17)18)11(12)13-10/h3-4H,2,5-8H2,1H3,(H2,12,13). The minimum atomic E-state index is -0.512. The zero-order chi connectivity index (χ0) is 13.1. The number of nitrogens with zero attached hydrogens (tertiary/aromatic N) is 4. The van der Waals surface area contributed by atoms with E-state index in [0.717, 1.165) is 32.6 Å². The largest absolute Gasteiger partial charge is 0.378 e. The van der Waals surface area contributed by atoms with E-state index < -0.39 is 4.92 Å². The molecular weight excluding hydrogens is 234 g/mol. The van der Waals surface area contributed by atoms with Crippen molar-refractivity contribution in [2.75, 3.05) is 43.9 Å². The first-order valence-electron chi connectivity index (χ1n) is 5.92. The SMILES string of the molecule is CN1CCCN(c2ccc([N+](=O)[O-])c(N)n2)CC1. The lowest BCUT2D eigenvalue weighted by Crippen LogP contribution is -2.29. The third-order valence-electron chi connectivity index (χ3n) is 3.13. The van der Waals surface area contributed by atoms with Crippen molar-refractivity contribution in [3.8, 4) is 0 Å². The molecule has 0 aromatic carbocycles. The molecule has 0 bridgehead atoms. The third-order valence-corrected chi connectivity index (χ3v) is 3.13. The first-order chi connectivity index (χ1) is 8.58. The highest BCUT2D eigenvalue weighted by Gasteiger charge is 2.17. The number of pyridine rings is 1. The lowest BCUT2D eigenvalue weighted by molar-refractivity contribution is -0.384. The summed E-state index contributed by atoms with van der Waals surface area (Å²) in [5.41, 5.74) is 5.47. The van der Waals surface area contributed by atoms with Gasteiger partial charge in [-0.2, -0.15) is 0 Å². The molecule has 0 aliphatic carbocycles. The van der Waals surface area contributed by atoms with Crippen molar-refractivity contribution in [1.29, 1.82) is 0 Å². The second-order valence-corrected chi connectivity index (χ2v) is 4.47. The van der Waals surface area contributed by atoms with Crippen LogP contribution < -0.4 is 10.6 Å². The van der Waals surface area contributed by atoms with Gasteiger partial charge in [-0.05, 0) is 26.1 Å². The summed E-state index contributed by atoms with van der Waals surface area (Å²) in [5.74, 6) is 0.698. The fourth-order valence-corrected chi connectivity index (χ4v) is 2.06. The molecule has 0 saturated carbocycles. The number of hydrogen-bond donors (Lipinski definition) is 1. The fourth-order valence-electron chi connectivity index (χ4n) is 2.06. The molecule has 2 rings (SSSR count). The summed E-state index contributed by atoms with van der Waals surface area (Å²) in [7, 11) is 2.08. The molecule has 1 aliphatic heterocycles. The van der Waals surface area contributed by atoms with Crippen LogP contribution in [0.1, 0.15) is 6.42 Å². The first-order valence-corrected chi connectivity index (χ1v) is 5.92. The monoisotopic (exact) mass is 251 g/mol. The molecule has 0 unspecified atom stereocenters. The van der Waals surface area contributed by atoms with E-state index in [0.29, 0.717) is 5.82 Å². The van der Waals surface area contributed by atoms with E-state index in [9.17, 15) is 10.1 Å². The van der Waals surface area contributed by atoms with E-state index in [1.165, 1.54) is 6.07 Å². The predicted molar refractivity (Wildman–Crippen MR) is 69.6 cm³/mol. The van der Waals surface area contributed by atoms with E-state index in [-0.39, 0.29) is 11.5 Å². The van der Waals surface area contributed by atoms with Crippen LogP contribution in [0.2, 0.25) is 0 Å². The Morgan fingerprint density at radius 3 is 2.78 bits per heavy atom. The zero-order valence-electron chi connectivity index (χ0n) is 10.4. The topological polar surface area (TPSA) is 88.5 Å². The lowest BCUT2D eigenvalue weighted by Gasteiger charge is -2.21. The number of nitrogens with two attached hydrogens (primary N) is 1. The molecule has 1 fully saturated rings. The van der Waals surface area contributed by atoms with E-state index in [4.69, 9.17) is 5.73 Å². The number of nitrogen functional groups attached to an aromatic ring is 1. The highest BCUT2D eigenvalue weighted by molar-refractivity contribution is 5.58. The van der Waals surface area contributed by atoms with Gasteiger partial charge in [-0.25, -0.2) is 4.98 Å². The molecule has 7 heteroatoms. The maximum atomic E-state index is 10.7. The molecule has 0 amide bonds. The Balaban J connectivity index is 2.18. The normalized spacial score (nSPS) is 17.5. The molecule has 1 saturated heterocycles. The number of anilines is 2. The molecule has 98 valence electrons. The molecule has 1 aliphatic rings. The Morgan fingerprint density at radius 1 is 1.33 bits per heavy atom. The van der Waals surface area contributed by atoms with Crippen molar-refractivity contribution in [3.63, 3.8) is 0 Å². The minimum Gasteiger partial charge on any atom is -0.378 e. The van der Waals surface area contributed by atoms with Crippen molar-refractivity contribution in [3.05, 3.63) is 22.2 Å². The van der Waals surface area contributed by atoms with Crippen molar-refractivity contribution in [2.45, 2.75) is 6.42 Å². The van der Waals surface area contributed by atoms with E-state index in [1.54, 1.807) is 6.07 Å². The van der Waals surface area contributed by atoms with Crippen LogP contribution in [-0.4, -0.2) is 48.0 Å². The number of hydrogen-bond acceptors (Lipinski definition) is 6. The third kappa shape index (κ3) is 2.67. The molecule has 2 heterocycles. The minimum absolute atomic E-state index is 0.0184. The van der Waals surface area contributed by atoms with E-state index in [1.807, 2.05) is 0 Å². The van der Waals surface area contributed by atoms with Gasteiger partial charge in [0.25, 0.3) is 0 Å². The molecule has 0 atom stereocenters. The van der Waals surface area contributed by atoms with Gasteiger partial charge in [-0.3, -0.25) is 10.1 Å². The Morgan fingerprint density at radius 2 is 2.11 bits per heavy atom. The van der Waals surface area contributed by atoms with Crippen molar-refractivity contribution in [2.24, 2.45) is 0 Å². The Bertz CT molecular complexity index is 451. The van der Waals surface area contributed by atoms with E-state index >= 15 is 0 Å². The van der Waals surface area contributed by atoms with Crippen LogP contribution in [-0.2, 0) is 0 Å². The van der Waals surface area contributed by atoms with Crippen molar-refractivity contribution < 1.29 is 4.92 Å². The molecule has 7 nitrogen and oxygen atoms in total. The molecule has 0 radical (unpaired) electrons. The zero-order valence-corrected chi connectivity index (χ0v) is 10.4. The second-order valence-electron chi connectivity index (χ2n) is 4.47. The molecule has 1 aromatic heterocycles. The van der Waals surface area contributed by atoms with Gasteiger partial charge in [0.15, 0.2) is 0 Å². The summed E-state index contributed by atoms with van der Waals surface area (Å²) in [6.45, 7) is 3.77. The summed E-state index contributed by atoms with van der Waals surface area (Å²) < 4.78 is 0. The predicted octanol–water partition coefficient (Wildman–Crippen LogP) is 0.714. The molecule has 18 heavy (non-hydrogen) atoms. The number of rotatable bonds is 2. The summed E-state index contributed by atoms with van der Waals surface area (Å²) in [4.78, 5) is 18.7. The highest BCUT2D eigenvalue weighted by atomic mass is 16.6. The average molecular weight is 251 g/mol. The van der Waals surface area contributed by atoms with Crippen LogP contribution in [0.4, 0.5) is 17.3 Å². The van der Waals surface area contributed by atoms with E-state index in [2.05, 4.69) is 21.8 Å². The lowest BCUT2D eigenvalue weighted by atomic mass is 10.3. The maximum absolute atomic E-state index is 10.7. The average Bonchev–Trinajstić information content (AvgIpc) is 2.53. The van der Waals surface area contributed by atoms with Gasteiger partial charge < -0.3 is 15.5 Å². The number of likely N-dealkylation sites (N-methyl/N-ethyl adjacent to an activating group) is 1. The Kier molecular flexibility index (Phi) is 3.61. The number of aromatic nitrogens is 1. The summed E-state index contributed by atoms with van der Waals surface area (Å²) in [6.07, 6.45) is 1.05. The number of nitro groups is 1. The molecule has 1 aromatic rings. The van der Waals surface area contributed by atoms with Gasteiger partial charge in [0.05, 0.1) is 4.92 Å². The second kappa shape index (κ2) is 5.18. The van der Waals surface area contributed by atoms with Crippen molar-refractivity contribution >= 4 is 17.3 Å². The smallest absolute Gasteiger partial charge is 0.311 e. The fraction of sp³-hybridized carbons (Fsp3) is 0.545. The molecular formula is C11H17N5O2. The molecule has 2 N–H and O–H groups in total. The van der Waals surface area contributed by atoms with Gasteiger partial charge >= 0.3 is 5.69 Å². The quantitative estimate of drug-likeness (QED) is 0.615. The maximum Gasteiger partial charge on any atom is 0.311 e. The van der Waals surface area contributed by atoms with Crippen LogP contribution in [0.5, 0.6) is 0 Å². The Labute approximate surface area is 105 Å². The summed E-state index contributed by atoms with van der Waals surface area (Å²) in [5, 5.41) is 10.7. The van der Waals surface area contributed by atoms with Crippen LogP contribution in [0, 0.1) is 10.1 Å². The van der Waals surface area contributed by atoms with Gasteiger partial charge in [0, 0.05) is 25.7 Å². The highest BCUT2D eigenvalue weighted by Crippen LogP contribution is 2.23. The van der Waals surface area contributed by atoms with Crippen LogP contribution in [0.15, 0.2) is 12.1 Å². The molecule has 0 spiro atoms. The van der Waals surface area contributed by atoms with Crippen molar-refractivity contribution in [1.82, 2.24) is 9.88 Å². The Hall–Kier alpha value is -1.89. The van der Waals surface area contributed by atoms with Crippen LogP contribution in [0.25, 0.3) is 0 Å². The summed E-state index contributed by atoms with van der Waals surface area (Å²) in [6, 6.07) is 3.09.